The molecule has 2 aromatic rings. The quantitative estimate of drug-likeness (QED) is 0.493. The number of anilines is 1. The van der Waals surface area contributed by atoms with E-state index in [2.05, 4.69) is 5.32 Å². The number of amides is 2. The van der Waals surface area contributed by atoms with Gasteiger partial charge < -0.3 is 10.2 Å². The molecule has 1 atom stereocenters. The smallest absolute Gasteiger partial charge is 0.242 e. The average Bonchev–Trinajstić information content (AvgIpc) is 2.78. The minimum atomic E-state index is -3.50. The summed E-state index contributed by atoms with van der Waals surface area (Å²) >= 11 is 0. The SMILES string of the molecule is CCCNC(=O)[C@H](C)N(Cc1ccc(C)cc1)C(=O)CCCN(c1cccc(C)c1)S(C)(=O)=O. The molecule has 34 heavy (non-hydrogen) atoms. The maximum absolute atomic E-state index is 13.2. The van der Waals surface area contributed by atoms with E-state index in [1.165, 1.54) is 10.6 Å². The zero-order chi connectivity index (χ0) is 25.3. The van der Waals surface area contributed by atoms with Crippen molar-refractivity contribution >= 4 is 27.5 Å². The van der Waals surface area contributed by atoms with E-state index in [9.17, 15) is 18.0 Å². The molecular formula is C26H37N3O4S. The van der Waals surface area contributed by atoms with Gasteiger partial charge in [-0.2, -0.15) is 0 Å². The molecule has 186 valence electrons. The van der Waals surface area contributed by atoms with E-state index in [4.69, 9.17) is 0 Å². The Hall–Kier alpha value is -2.87. The van der Waals surface area contributed by atoms with Crippen LogP contribution in [0.1, 0.15) is 49.8 Å². The van der Waals surface area contributed by atoms with Gasteiger partial charge in [-0.3, -0.25) is 13.9 Å². The first-order valence-corrected chi connectivity index (χ1v) is 13.5. The summed E-state index contributed by atoms with van der Waals surface area (Å²) in [4.78, 5) is 27.4. The zero-order valence-corrected chi connectivity index (χ0v) is 21.7. The Labute approximate surface area is 204 Å². The lowest BCUT2D eigenvalue weighted by Crippen LogP contribution is -2.47. The highest BCUT2D eigenvalue weighted by Gasteiger charge is 2.26. The third-order valence-corrected chi connectivity index (χ3v) is 6.83. The minimum Gasteiger partial charge on any atom is -0.354 e. The first-order chi connectivity index (χ1) is 16.0. The van der Waals surface area contributed by atoms with Crippen LogP contribution in [-0.4, -0.2) is 50.5 Å². The summed E-state index contributed by atoms with van der Waals surface area (Å²) in [5, 5.41) is 2.86. The van der Waals surface area contributed by atoms with Crippen molar-refractivity contribution in [1.29, 1.82) is 0 Å². The average molecular weight is 488 g/mol. The predicted octanol–water partition coefficient (Wildman–Crippen LogP) is 3.79. The molecule has 8 heteroatoms. The zero-order valence-electron chi connectivity index (χ0n) is 20.9. The molecule has 0 heterocycles. The number of hydrogen-bond acceptors (Lipinski definition) is 4. The van der Waals surface area contributed by atoms with Gasteiger partial charge in [-0.1, -0.05) is 48.9 Å². The van der Waals surface area contributed by atoms with E-state index in [-0.39, 0.29) is 24.8 Å². The second-order valence-electron chi connectivity index (χ2n) is 8.75. The van der Waals surface area contributed by atoms with Crippen LogP contribution < -0.4 is 9.62 Å². The Bertz CT molecular complexity index is 1070. The number of hydrogen-bond donors (Lipinski definition) is 1. The van der Waals surface area contributed by atoms with Crippen molar-refractivity contribution in [3.8, 4) is 0 Å². The number of sulfonamides is 1. The summed E-state index contributed by atoms with van der Waals surface area (Å²) in [6, 6.07) is 14.5. The molecular weight excluding hydrogens is 450 g/mol. The van der Waals surface area contributed by atoms with Crippen LogP contribution in [0.25, 0.3) is 0 Å². The first kappa shape index (κ1) is 27.4. The summed E-state index contributed by atoms with van der Waals surface area (Å²) in [5.41, 5.74) is 3.59. The highest BCUT2D eigenvalue weighted by atomic mass is 32.2. The molecule has 0 radical (unpaired) electrons. The van der Waals surface area contributed by atoms with E-state index in [1.807, 2.05) is 63.2 Å². The number of nitrogens with one attached hydrogen (secondary N) is 1. The molecule has 7 nitrogen and oxygen atoms in total. The van der Waals surface area contributed by atoms with E-state index >= 15 is 0 Å². The Morgan fingerprint density at radius 2 is 1.71 bits per heavy atom. The summed E-state index contributed by atoms with van der Waals surface area (Å²) in [5.74, 6) is -0.378. The fourth-order valence-electron chi connectivity index (χ4n) is 3.66. The maximum atomic E-state index is 13.2. The Balaban J connectivity index is 2.14. The van der Waals surface area contributed by atoms with Crippen LogP contribution in [-0.2, 0) is 26.2 Å². The van der Waals surface area contributed by atoms with E-state index in [1.54, 1.807) is 17.9 Å². The van der Waals surface area contributed by atoms with Crippen LogP contribution in [0.3, 0.4) is 0 Å². The first-order valence-electron chi connectivity index (χ1n) is 11.7. The van der Waals surface area contributed by atoms with Crippen molar-refractivity contribution < 1.29 is 18.0 Å². The van der Waals surface area contributed by atoms with Gasteiger partial charge in [-0.05, 0) is 56.9 Å². The molecule has 2 amide bonds. The number of aryl methyl sites for hydroxylation is 2. The van der Waals surface area contributed by atoms with Gasteiger partial charge in [0.05, 0.1) is 11.9 Å². The normalized spacial score (nSPS) is 12.1. The molecule has 0 fully saturated rings. The molecule has 0 aliphatic rings. The van der Waals surface area contributed by atoms with E-state index in [0.29, 0.717) is 25.2 Å². The van der Waals surface area contributed by atoms with Crippen molar-refractivity contribution in [2.75, 3.05) is 23.7 Å². The Morgan fingerprint density at radius 1 is 1.03 bits per heavy atom. The molecule has 0 spiro atoms. The fraction of sp³-hybridized carbons (Fsp3) is 0.462. The minimum absolute atomic E-state index is 0.134. The molecule has 0 aliphatic heterocycles. The monoisotopic (exact) mass is 487 g/mol. The van der Waals surface area contributed by atoms with Gasteiger partial charge in [-0.25, -0.2) is 8.42 Å². The van der Waals surface area contributed by atoms with Crippen LogP contribution in [0.2, 0.25) is 0 Å². The number of rotatable bonds is 12. The van der Waals surface area contributed by atoms with Crippen LogP contribution in [0.15, 0.2) is 48.5 Å². The van der Waals surface area contributed by atoms with Crippen molar-refractivity contribution in [2.24, 2.45) is 0 Å². The Kier molecular flexibility index (Phi) is 10.1. The lowest BCUT2D eigenvalue weighted by Gasteiger charge is -2.29. The summed E-state index contributed by atoms with van der Waals surface area (Å²) in [7, 11) is -3.50. The largest absolute Gasteiger partial charge is 0.354 e. The summed E-state index contributed by atoms with van der Waals surface area (Å²) in [6.45, 7) is 8.65. The molecule has 0 saturated carbocycles. The topological polar surface area (TPSA) is 86.8 Å². The maximum Gasteiger partial charge on any atom is 0.242 e. The molecule has 0 bridgehead atoms. The molecule has 0 unspecified atom stereocenters. The van der Waals surface area contributed by atoms with Crippen LogP contribution in [0, 0.1) is 13.8 Å². The van der Waals surface area contributed by atoms with Gasteiger partial charge in [0.1, 0.15) is 6.04 Å². The van der Waals surface area contributed by atoms with Gasteiger partial charge in [0.2, 0.25) is 21.8 Å². The van der Waals surface area contributed by atoms with Crippen LogP contribution in [0.5, 0.6) is 0 Å². The molecule has 1 N–H and O–H groups in total. The van der Waals surface area contributed by atoms with Crippen LogP contribution in [0.4, 0.5) is 5.69 Å². The van der Waals surface area contributed by atoms with Crippen LogP contribution >= 0.6 is 0 Å². The van der Waals surface area contributed by atoms with Gasteiger partial charge in [0.25, 0.3) is 0 Å². The fourth-order valence-corrected chi connectivity index (χ4v) is 4.61. The lowest BCUT2D eigenvalue weighted by atomic mass is 10.1. The summed E-state index contributed by atoms with van der Waals surface area (Å²) < 4.78 is 26.1. The van der Waals surface area contributed by atoms with Gasteiger partial charge in [0.15, 0.2) is 0 Å². The molecule has 2 rings (SSSR count). The number of carbonyl (C=O) groups excluding carboxylic acids is 2. The second kappa shape index (κ2) is 12.6. The van der Waals surface area contributed by atoms with Gasteiger partial charge in [0, 0.05) is 26.1 Å². The standard InChI is InChI=1S/C26H37N3O4S/c1-6-16-27-26(31)22(4)28(19-23-14-12-20(2)13-15-23)25(30)11-8-17-29(34(5,32)33)24-10-7-9-21(3)18-24/h7,9-10,12-15,18,22H,6,8,11,16-17,19H2,1-5H3,(H,27,31)/t22-/m0/s1. The van der Waals surface area contributed by atoms with Crippen molar-refractivity contribution in [3.05, 3.63) is 65.2 Å². The third-order valence-electron chi connectivity index (χ3n) is 5.63. The van der Waals surface area contributed by atoms with Crippen molar-refractivity contribution in [2.45, 2.75) is 59.5 Å². The molecule has 2 aromatic carbocycles. The van der Waals surface area contributed by atoms with Crippen molar-refractivity contribution in [3.63, 3.8) is 0 Å². The molecule has 0 saturated heterocycles. The van der Waals surface area contributed by atoms with E-state index in [0.717, 1.165) is 23.1 Å². The summed E-state index contributed by atoms with van der Waals surface area (Å²) in [6.07, 6.45) is 2.45. The van der Waals surface area contributed by atoms with Gasteiger partial charge >= 0.3 is 0 Å². The second-order valence-corrected chi connectivity index (χ2v) is 10.7. The van der Waals surface area contributed by atoms with Gasteiger partial charge in [-0.15, -0.1) is 0 Å². The predicted molar refractivity (Wildman–Crippen MR) is 137 cm³/mol. The lowest BCUT2D eigenvalue weighted by molar-refractivity contribution is -0.140. The van der Waals surface area contributed by atoms with Crippen molar-refractivity contribution in [1.82, 2.24) is 10.2 Å². The third kappa shape index (κ3) is 8.17. The van der Waals surface area contributed by atoms with E-state index < -0.39 is 16.1 Å². The number of carbonyl (C=O) groups is 2. The highest BCUT2D eigenvalue weighted by Crippen LogP contribution is 2.20. The molecule has 0 aliphatic carbocycles. The highest BCUT2D eigenvalue weighted by molar-refractivity contribution is 7.92. The number of nitrogens with zero attached hydrogens (tertiary/aromatic N) is 2. The number of benzene rings is 2. The molecule has 0 aromatic heterocycles. The Morgan fingerprint density at radius 3 is 2.29 bits per heavy atom.